The number of rotatable bonds is 6. The lowest BCUT2D eigenvalue weighted by Crippen LogP contribution is -2.30. The van der Waals surface area contributed by atoms with Gasteiger partial charge in [-0.15, -0.1) is 0 Å². The van der Waals surface area contributed by atoms with Crippen molar-refractivity contribution in [1.82, 2.24) is 4.90 Å². The molecule has 2 rings (SSSR count). The summed E-state index contributed by atoms with van der Waals surface area (Å²) in [5, 5.41) is 3.45. The van der Waals surface area contributed by atoms with Gasteiger partial charge < -0.3 is 15.0 Å². The molecule has 2 unspecified atom stereocenters. The van der Waals surface area contributed by atoms with Crippen molar-refractivity contribution in [3.05, 3.63) is 23.8 Å². The summed E-state index contributed by atoms with van der Waals surface area (Å²) in [5.41, 5.74) is 1.49. The summed E-state index contributed by atoms with van der Waals surface area (Å²) >= 11 is 0. The molecule has 1 N–H and O–H groups in total. The van der Waals surface area contributed by atoms with Crippen LogP contribution in [-0.2, 0) is 4.79 Å². The van der Waals surface area contributed by atoms with Crippen LogP contribution < -0.4 is 10.1 Å². The van der Waals surface area contributed by atoms with Crippen LogP contribution in [0.5, 0.6) is 5.75 Å². The Hall–Kier alpha value is -2.04. The Balaban J connectivity index is 2.13. The zero-order valence-electron chi connectivity index (χ0n) is 14.4. The minimum atomic E-state index is -0.00964. The highest BCUT2D eigenvalue weighted by Crippen LogP contribution is 2.26. The first-order valence-electron chi connectivity index (χ1n) is 8.22. The molecule has 0 aromatic heterocycles. The first-order valence-corrected chi connectivity index (χ1v) is 8.22. The maximum absolute atomic E-state index is 11.9. The number of ketones is 1. The van der Waals surface area contributed by atoms with E-state index in [0.717, 1.165) is 18.7 Å². The number of hydrogen-bond donors (Lipinski definition) is 1. The van der Waals surface area contributed by atoms with Gasteiger partial charge in [-0.3, -0.25) is 9.59 Å². The predicted octanol–water partition coefficient (Wildman–Crippen LogP) is 2.96. The smallest absolute Gasteiger partial charge is 0.219 e. The molecule has 5 heteroatoms. The molecule has 5 nitrogen and oxygen atoms in total. The summed E-state index contributed by atoms with van der Waals surface area (Å²) in [6.07, 6.45) is 0.901. The minimum absolute atomic E-state index is 0.00964. The third kappa shape index (κ3) is 4.24. The van der Waals surface area contributed by atoms with E-state index < -0.39 is 0 Å². The summed E-state index contributed by atoms with van der Waals surface area (Å²) in [4.78, 5) is 25.2. The van der Waals surface area contributed by atoms with Gasteiger partial charge in [-0.1, -0.05) is 13.8 Å². The molecule has 1 saturated heterocycles. The fourth-order valence-corrected chi connectivity index (χ4v) is 2.86. The Morgan fingerprint density at radius 2 is 2.04 bits per heavy atom. The molecule has 1 fully saturated rings. The molecular formula is C18H26N2O3. The van der Waals surface area contributed by atoms with Gasteiger partial charge in [0.25, 0.3) is 0 Å². The Labute approximate surface area is 138 Å². The van der Waals surface area contributed by atoms with Crippen molar-refractivity contribution in [2.24, 2.45) is 5.92 Å². The van der Waals surface area contributed by atoms with Gasteiger partial charge >= 0.3 is 0 Å². The molecule has 1 heterocycles. The van der Waals surface area contributed by atoms with Gasteiger partial charge in [-0.25, -0.2) is 0 Å². The van der Waals surface area contributed by atoms with Gasteiger partial charge in [-0.2, -0.15) is 0 Å². The summed E-state index contributed by atoms with van der Waals surface area (Å²) in [7, 11) is 0. The van der Waals surface area contributed by atoms with E-state index in [4.69, 9.17) is 4.74 Å². The largest absolute Gasteiger partial charge is 0.493 e. The number of benzene rings is 1. The highest BCUT2D eigenvalue weighted by Gasteiger charge is 2.30. The molecule has 0 saturated carbocycles. The molecule has 0 bridgehead atoms. The standard InChI is InChI=1S/C18H26N2O3/c1-5-8-23-18-7-6-15(9-16(18)13(3)21)19-17-11-20(14(4)22)10-12(17)2/h6-7,9,12,17,19H,5,8,10-11H2,1-4H3. The van der Waals surface area contributed by atoms with Gasteiger partial charge in [-0.05, 0) is 37.5 Å². The summed E-state index contributed by atoms with van der Waals surface area (Å²) < 4.78 is 5.64. The lowest BCUT2D eigenvalue weighted by atomic mass is 10.0. The van der Waals surface area contributed by atoms with Crippen molar-refractivity contribution in [2.45, 2.75) is 40.2 Å². The zero-order valence-corrected chi connectivity index (χ0v) is 14.4. The van der Waals surface area contributed by atoms with Crippen LogP contribution in [0.1, 0.15) is 44.5 Å². The lowest BCUT2D eigenvalue weighted by Gasteiger charge is -2.19. The third-order valence-electron chi connectivity index (χ3n) is 4.23. The Morgan fingerprint density at radius 3 is 2.61 bits per heavy atom. The van der Waals surface area contributed by atoms with Crippen molar-refractivity contribution in [1.29, 1.82) is 0 Å². The van der Waals surface area contributed by atoms with Gasteiger partial charge in [0.2, 0.25) is 5.91 Å². The first-order chi connectivity index (χ1) is 10.9. The van der Waals surface area contributed by atoms with Crippen molar-refractivity contribution < 1.29 is 14.3 Å². The van der Waals surface area contributed by atoms with Gasteiger partial charge in [0.1, 0.15) is 5.75 Å². The summed E-state index contributed by atoms with van der Waals surface area (Å²) in [6.45, 7) is 9.37. The van der Waals surface area contributed by atoms with E-state index in [1.165, 1.54) is 0 Å². The van der Waals surface area contributed by atoms with Crippen LogP contribution in [0.25, 0.3) is 0 Å². The third-order valence-corrected chi connectivity index (χ3v) is 4.23. The molecule has 0 aliphatic carbocycles. The number of likely N-dealkylation sites (tertiary alicyclic amines) is 1. The highest BCUT2D eigenvalue weighted by atomic mass is 16.5. The molecule has 23 heavy (non-hydrogen) atoms. The van der Waals surface area contributed by atoms with E-state index in [-0.39, 0.29) is 17.7 Å². The number of nitrogens with zero attached hydrogens (tertiary/aromatic N) is 1. The second-order valence-electron chi connectivity index (χ2n) is 6.27. The van der Waals surface area contributed by atoms with E-state index in [0.29, 0.717) is 30.4 Å². The van der Waals surface area contributed by atoms with Crippen LogP contribution in [0.15, 0.2) is 18.2 Å². The molecule has 2 atom stereocenters. The Morgan fingerprint density at radius 1 is 1.30 bits per heavy atom. The fourth-order valence-electron chi connectivity index (χ4n) is 2.86. The average Bonchev–Trinajstić information content (AvgIpc) is 2.87. The monoisotopic (exact) mass is 318 g/mol. The van der Waals surface area contributed by atoms with Crippen molar-refractivity contribution in [3.63, 3.8) is 0 Å². The van der Waals surface area contributed by atoms with Gasteiger partial charge in [0, 0.05) is 31.7 Å². The van der Waals surface area contributed by atoms with Crippen LogP contribution >= 0.6 is 0 Å². The van der Waals surface area contributed by atoms with Crippen LogP contribution in [0.2, 0.25) is 0 Å². The molecule has 1 aromatic carbocycles. The molecule has 126 valence electrons. The predicted molar refractivity (Wildman–Crippen MR) is 91.1 cm³/mol. The number of hydrogen-bond acceptors (Lipinski definition) is 4. The SMILES string of the molecule is CCCOc1ccc(NC2CN(C(C)=O)CC2C)cc1C(C)=O. The van der Waals surface area contributed by atoms with Crippen LogP contribution in [0, 0.1) is 5.92 Å². The number of amides is 1. The van der Waals surface area contributed by atoms with Crippen molar-refractivity contribution in [3.8, 4) is 5.75 Å². The molecule has 1 aliphatic rings. The van der Waals surface area contributed by atoms with Crippen LogP contribution in [-0.4, -0.2) is 42.3 Å². The van der Waals surface area contributed by atoms with Gasteiger partial charge in [0.15, 0.2) is 5.78 Å². The quantitative estimate of drug-likeness (QED) is 0.819. The number of ether oxygens (including phenoxy) is 1. The number of nitrogens with one attached hydrogen (secondary N) is 1. The Kier molecular flexibility index (Phi) is 5.64. The summed E-state index contributed by atoms with van der Waals surface area (Å²) in [5.74, 6) is 1.10. The van der Waals surface area contributed by atoms with Crippen LogP contribution in [0.3, 0.4) is 0 Å². The Bertz CT molecular complexity index is 586. The molecule has 1 aliphatic heterocycles. The number of Topliss-reactive ketones (excluding diaryl/α,β-unsaturated/α-hetero) is 1. The number of carbonyl (C=O) groups is 2. The van der Waals surface area contributed by atoms with Crippen molar-refractivity contribution in [2.75, 3.05) is 25.0 Å². The first kappa shape index (κ1) is 17.3. The normalized spacial score (nSPS) is 20.4. The molecular weight excluding hydrogens is 292 g/mol. The van der Waals surface area contributed by atoms with E-state index in [1.807, 2.05) is 30.0 Å². The van der Waals surface area contributed by atoms with Gasteiger partial charge in [0.05, 0.1) is 12.2 Å². The molecule has 0 spiro atoms. The van der Waals surface area contributed by atoms with E-state index in [2.05, 4.69) is 12.2 Å². The molecule has 1 amide bonds. The lowest BCUT2D eigenvalue weighted by molar-refractivity contribution is -0.127. The second kappa shape index (κ2) is 7.49. The second-order valence-corrected chi connectivity index (χ2v) is 6.27. The van der Waals surface area contributed by atoms with Crippen molar-refractivity contribution >= 4 is 17.4 Å². The minimum Gasteiger partial charge on any atom is -0.493 e. The number of carbonyl (C=O) groups excluding carboxylic acids is 2. The van der Waals surface area contributed by atoms with E-state index in [9.17, 15) is 9.59 Å². The highest BCUT2D eigenvalue weighted by molar-refractivity contribution is 5.97. The molecule has 1 aromatic rings. The summed E-state index contributed by atoms with van der Waals surface area (Å²) in [6, 6.07) is 5.81. The van der Waals surface area contributed by atoms with E-state index in [1.54, 1.807) is 13.8 Å². The average molecular weight is 318 g/mol. The zero-order chi connectivity index (χ0) is 17.0. The topological polar surface area (TPSA) is 58.6 Å². The maximum Gasteiger partial charge on any atom is 0.219 e. The number of anilines is 1. The molecule has 0 radical (unpaired) electrons. The maximum atomic E-state index is 11.9. The fraction of sp³-hybridized carbons (Fsp3) is 0.556. The van der Waals surface area contributed by atoms with E-state index >= 15 is 0 Å². The van der Waals surface area contributed by atoms with Crippen LogP contribution in [0.4, 0.5) is 5.69 Å².